The summed E-state index contributed by atoms with van der Waals surface area (Å²) in [4.78, 5) is 4.45. The maximum Gasteiger partial charge on any atom is 0.216 e. The van der Waals surface area contributed by atoms with Crippen LogP contribution in [0.4, 0.5) is 0 Å². The summed E-state index contributed by atoms with van der Waals surface area (Å²) in [5, 5.41) is 7.70. The smallest absolute Gasteiger partial charge is 0.216 e. The summed E-state index contributed by atoms with van der Waals surface area (Å²) in [6.45, 7) is 2.46. The number of guanidine groups is 1. The average molecular weight is 421 g/mol. The Bertz CT molecular complexity index is 492. The van der Waals surface area contributed by atoms with E-state index in [4.69, 9.17) is 10.5 Å². The molecule has 22 heavy (non-hydrogen) atoms. The molecule has 0 amide bonds. The fraction of sp³-hybridized carbons (Fsp3) is 0.733. The van der Waals surface area contributed by atoms with E-state index in [1.54, 1.807) is 11.8 Å². The zero-order chi connectivity index (χ0) is 15.2. The number of nitrogens with one attached hydrogen (secondary N) is 1. The minimum atomic E-state index is 0. The van der Waals surface area contributed by atoms with Gasteiger partial charge in [-0.1, -0.05) is 25.7 Å². The summed E-state index contributed by atoms with van der Waals surface area (Å²) in [6.07, 6.45) is 7.60. The molecule has 3 N–H and O–H groups in total. The Morgan fingerprint density at radius 2 is 2.00 bits per heavy atom. The third kappa shape index (κ3) is 5.03. The molecule has 0 unspecified atom stereocenters. The summed E-state index contributed by atoms with van der Waals surface area (Å²) in [5.74, 6) is 1.27. The van der Waals surface area contributed by atoms with Gasteiger partial charge in [-0.25, -0.2) is 9.67 Å². The number of hydrogen-bond donors (Lipinski definition) is 2. The van der Waals surface area contributed by atoms with E-state index in [0.29, 0.717) is 18.5 Å². The molecule has 0 spiro atoms. The lowest BCUT2D eigenvalue weighted by molar-refractivity contribution is 0.369. The molecule has 0 aromatic carbocycles. The highest BCUT2D eigenvalue weighted by Crippen LogP contribution is 2.21. The minimum Gasteiger partial charge on any atom is -0.481 e. The van der Waals surface area contributed by atoms with Crippen molar-refractivity contribution < 1.29 is 4.74 Å². The van der Waals surface area contributed by atoms with E-state index in [9.17, 15) is 0 Å². The van der Waals surface area contributed by atoms with Gasteiger partial charge in [0.2, 0.25) is 5.88 Å². The second-order valence-corrected chi connectivity index (χ2v) is 5.73. The van der Waals surface area contributed by atoms with Crippen LogP contribution in [-0.2, 0) is 13.6 Å². The minimum absolute atomic E-state index is 0. The number of hydrogen-bond acceptors (Lipinski definition) is 3. The number of aryl methyl sites for hydroxylation is 2. The molecule has 1 aliphatic rings. The van der Waals surface area contributed by atoms with Gasteiger partial charge in [-0.05, 0) is 19.8 Å². The fourth-order valence-electron chi connectivity index (χ4n) is 2.96. The Labute approximate surface area is 149 Å². The number of aliphatic imine (C=N–C) groups is 1. The molecule has 2 rings (SSSR count). The number of nitrogens with zero attached hydrogens (tertiary/aromatic N) is 3. The molecule has 0 atom stereocenters. The maximum absolute atomic E-state index is 6.02. The summed E-state index contributed by atoms with van der Waals surface area (Å²) >= 11 is 0. The van der Waals surface area contributed by atoms with Crippen LogP contribution in [0, 0.1) is 6.92 Å². The van der Waals surface area contributed by atoms with Gasteiger partial charge in [-0.3, -0.25) is 0 Å². The number of ether oxygens (including phenoxy) is 1. The molecule has 0 aliphatic heterocycles. The van der Waals surface area contributed by atoms with E-state index >= 15 is 0 Å². The van der Waals surface area contributed by atoms with Crippen molar-refractivity contribution in [3.8, 4) is 5.88 Å². The highest BCUT2D eigenvalue weighted by atomic mass is 127. The molecule has 1 aromatic rings. The van der Waals surface area contributed by atoms with Gasteiger partial charge in [0.25, 0.3) is 0 Å². The number of nitrogens with two attached hydrogens (primary N) is 1. The first-order valence-corrected chi connectivity index (χ1v) is 7.74. The monoisotopic (exact) mass is 421 g/mol. The zero-order valence-corrected chi connectivity index (χ0v) is 16.1. The molecule has 7 heteroatoms. The van der Waals surface area contributed by atoms with Gasteiger partial charge in [-0.15, -0.1) is 24.0 Å². The normalized spacial score (nSPS) is 16.8. The van der Waals surface area contributed by atoms with Crippen LogP contribution in [0.15, 0.2) is 4.99 Å². The van der Waals surface area contributed by atoms with E-state index in [2.05, 4.69) is 15.4 Å². The number of halogens is 1. The van der Waals surface area contributed by atoms with Crippen LogP contribution in [0.3, 0.4) is 0 Å². The Morgan fingerprint density at radius 3 is 2.59 bits per heavy atom. The number of methoxy groups -OCH3 is 1. The molecule has 0 bridgehead atoms. The van der Waals surface area contributed by atoms with Gasteiger partial charge in [0.15, 0.2) is 5.96 Å². The van der Waals surface area contributed by atoms with E-state index in [1.165, 1.54) is 38.5 Å². The van der Waals surface area contributed by atoms with Crippen molar-refractivity contribution >= 4 is 29.9 Å². The van der Waals surface area contributed by atoms with Crippen molar-refractivity contribution in [2.45, 2.75) is 58.0 Å². The molecular formula is C15H28IN5O. The molecular weight excluding hydrogens is 393 g/mol. The second-order valence-electron chi connectivity index (χ2n) is 5.73. The summed E-state index contributed by atoms with van der Waals surface area (Å²) < 4.78 is 7.10. The van der Waals surface area contributed by atoms with Crippen molar-refractivity contribution in [1.29, 1.82) is 0 Å². The van der Waals surface area contributed by atoms with Crippen LogP contribution in [0.1, 0.15) is 49.8 Å². The van der Waals surface area contributed by atoms with Gasteiger partial charge in [-0.2, -0.15) is 5.10 Å². The summed E-state index contributed by atoms with van der Waals surface area (Å²) in [5.41, 5.74) is 7.94. The van der Waals surface area contributed by atoms with Gasteiger partial charge in [0.05, 0.1) is 24.9 Å². The first-order valence-electron chi connectivity index (χ1n) is 7.74. The molecule has 1 saturated carbocycles. The molecule has 0 saturated heterocycles. The van der Waals surface area contributed by atoms with E-state index in [0.717, 1.165) is 17.1 Å². The SMILES string of the molecule is COc1c(CN=C(N)NC2CCCCCC2)c(C)nn1C.I. The average Bonchev–Trinajstić information content (AvgIpc) is 2.62. The summed E-state index contributed by atoms with van der Waals surface area (Å²) in [7, 11) is 3.52. The molecule has 126 valence electrons. The highest BCUT2D eigenvalue weighted by molar-refractivity contribution is 14.0. The van der Waals surface area contributed by atoms with Crippen LogP contribution in [0.2, 0.25) is 0 Å². The van der Waals surface area contributed by atoms with Crippen molar-refractivity contribution in [1.82, 2.24) is 15.1 Å². The quantitative estimate of drug-likeness (QED) is 0.339. The van der Waals surface area contributed by atoms with Gasteiger partial charge < -0.3 is 15.8 Å². The molecule has 6 nitrogen and oxygen atoms in total. The summed E-state index contributed by atoms with van der Waals surface area (Å²) in [6, 6.07) is 0.466. The van der Waals surface area contributed by atoms with Gasteiger partial charge in [0, 0.05) is 13.1 Å². The maximum atomic E-state index is 6.02. The Balaban J connectivity index is 0.00000242. The Morgan fingerprint density at radius 1 is 1.36 bits per heavy atom. The van der Waals surface area contributed by atoms with Gasteiger partial charge >= 0.3 is 0 Å². The van der Waals surface area contributed by atoms with E-state index in [-0.39, 0.29) is 24.0 Å². The Hall–Kier alpha value is -0.990. The number of aromatic nitrogens is 2. The van der Waals surface area contributed by atoms with E-state index < -0.39 is 0 Å². The van der Waals surface area contributed by atoms with Crippen LogP contribution < -0.4 is 15.8 Å². The van der Waals surface area contributed by atoms with Crippen molar-refractivity contribution in [3.63, 3.8) is 0 Å². The predicted octanol–water partition coefficient (Wildman–Crippen LogP) is 2.48. The molecule has 1 aliphatic carbocycles. The lowest BCUT2D eigenvalue weighted by Crippen LogP contribution is -2.39. The fourth-order valence-corrected chi connectivity index (χ4v) is 2.96. The molecule has 1 heterocycles. The second kappa shape index (κ2) is 9.22. The van der Waals surface area contributed by atoms with Crippen LogP contribution >= 0.6 is 24.0 Å². The molecule has 1 aromatic heterocycles. The largest absolute Gasteiger partial charge is 0.481 e. The van der Waals surface area contributed by atoms with Crippen molar-refractivity contribution in [2.75, 3.05) is 7.11 Å². The lowest BCUT2D eigenvalue weighted by atomic mass is 10.1. The third-order valence-electron chi connectivity index (χ3n) is 4.10. The Kier molecular flexibility index (Phi) is 7.98. The predicted molar refractivity (Wildman–Crippen MR) is 99.9 cm³/mol. The molecule has 0 radical (unpaired) electrons. The standard InChI is InChI=1S/C15H27N5O.HI/c1-11-13(14(21-3)20(2)19-11)10-17-15(16)18-12-8-6-4-5-7-9-12;/h12H,4-10H2,1-3H3,(H3,16,17,18);1H. The van der Waals surface area contributed by atoms with Crippen LogP contribution in [-0.4, -0.2) is 28.9 Å². The number of rotatable bonds is 4. The van der Waals surface area contributed by atoms with Crippen molar-refractivity contribution in [3.05, 3.63) is 11.3 Å². The zero-order valence-electron chi connectivity index (χ0n) is 13.8. The van der Waals surface area contributed by atoms with Gasteiger partial charge in [0.1, 0.15) is 0 Å². The molecule has 1 fully saturated rings. The third-order valence-corrected chi connectivity index (χ3v) is 4.10. The topological polar surface area (TPSA) is 77.5 Å². The highest BCUT2D eigenvalue weighted by Gasteiger charge is 2.15. The first kappa shape index (κ1) is 19.1. The van der Waals surface area contributed by atoms with Crippen LogP contribution in [0.25, 0.3) is 0 Å². The van der Waals surface area contributed by atoms with E-state index in [1.807, 2.05) is 14.0 Å². The van der Waals surface area contributed by atoms with Crippen molar-refractivity contribution in [2.24, 2.45) is 17.8 Å². The van der Waals surface area contributed by atoms with Crippen LogP contribution in [0.5, 0.6) is 5.88 Å². The first-order chi connectivity index (χ1) is 10.1. The lowest BCUT2D eigenvalue weighted by Gasteiger charge is -2.16.